The highest BCUT2D eigenvalue weighted by atomic mass is 14.9. The second-order valence-corrected chi connectivity index (χ2v) is 6.48. The molecule has 1 aliphatic rings. The van der Waals surface area contributed by atoms with Crippen LogP contribution in [-0.4, -0.2) is 12.6 Å². The van der Waals surface area contributed by atoms with Gasteiger partial charge in [0.1, 0.15) is 0 Å². The van der Waals surface area contributed by atoms with Gasteiger partial charge in [-0.1, -0.05) is 69.7 Å². The average Bonchev–Trinajstić information content (AvgIpc) is 2.70. The largest absolute Gasteiger partial charge is 0.314 e. The minimum Gasteiger partial charge on any atom is -0.314 e. The maximum atomic E-state index is 3.73. The lowest BCUT2D eigenvalue weighted by atomic mass is 9.89. The summed E-state index contributed by atoms with van der Waals surface area (Å²) in [6.45, 7) is 5.56. The van der Waals surface area contributed by atoms with Crippen molar-refractivity contribution in [2.45, 2.75) is 71.3 Å². The number of rotatable bonds is 6. The van der Waals surface area contributed by atoms with E-state index in [4.69, 9.17) is 0 Å². The van der Waals surface area contributed by atoms with Gasteiger partial charge in [0.05, 0.1) is 0 Å². The lowest BCUT2D eigenvalue weighted by molar-refractivity contribution is 0.352. The van der Waals surface area contributed by atoms with E-state index in [0.29, 0.717) is 6.04 Å². The first kappa shape index (κ1) is 15.6. The summed E-state index contributed by atoms with van der Waals surface area (Å²) in [6.07, 6.45) is 11.3. The predicted octanol–water partition coefficient (Wildman–Crippen LogP) is 4.88. The molecule has 1 N–H and O–H groups in total. The van der Waals surface area contributed by atoms with Crippen molar-refractivity contribution in [1.29, 1.82) is 0 Å². The normalized spacial score (nSPS) is 18.7. The zero-order chi connectivity index (χ0) is 14.2. The van der Waals surface area contributed by atoms with Gasteiger partial charge in [-0.15, -0.1) is 0 Å². The number of hydrogen-bond acceptors (Lipinski definition) is 1. The smallest absolute Gasteiger partial charge is 0.0110 e. The third-order valence-corrected chi connectivity index (χ3v) is 4.81. The summed E-state index contributed by atoms with van der Waals surface area (Å²) in [6, 6.07) is 9.52. The van der Waals surface area contributed by atoms with Crippen molar-refractivity contribution in [3.05, 3.63) is 35.4 Å². The van der Waals surface area contributed by atoms with E-state index in [1.807, 2.05) is 0 Å². The van der Waals surface area contributed by atoms with E-state index in [-0.39, 0.29) is 0 Å². The molecule has 0 spiro atoms. The number of hydrogen-bond donors (Lipinski definition) is 1. The van der Waals surface area contributed by atoms with Crippen LogP contribution in [0.15, 0.2) is 24.3 Å². The first-order chi connectivity index (χ1) is 9.79. The van der Waals surface area contributed by atoms with Crippen LogP contribution >= 0.6 is 0 Å². The number of benzene rings is 1. The fraction of sp³-hybridized carbons (Fsp3) is 0.684. The van der Waals surface area contributed by atoms with Crippen LogP contribution in [0.1, 0.15) is 63.0 Å². The monoisotopic (exact) mass is 273 g/mol. The summed E-state index contributed by atoms with van der Waals surface area (Å²) < 4.78 is 0. The molecule has 112 valence electrons. The Kier molecular flexibility index (Phi) is 6.59. The first-order valence-electron chi connectivity index (χ1n) is 8.57. The maximum Gasteiger partial charge on any atom is 0.0110 e. The molecule has 1 aromatic rings. The van der Waals surface area contributed by atoms with Crippen molar-refractivity contribution < 1.29 is 0 Å². The summed E-state index contributed by atoms with van der Waals surface area (Å²) in [4.78, 5) is 0. The molecular weight excluding hydrogens is 242 g/mol. The second kappa shape index (κ2) is 8.46. The molecular formula is C19H31N. The Morgan fingerprint density at radius 1 is 1.10 bits per heavy atom. The Hall–Kier alpha value is -0.820. The Morgan fingerprint density at radius 2 is 1.80 bits per heavy atom. The Morgan fingerprint density at radius 3 is 2.45 bits per heavy atom. The average molecular weight is 273 g/mol. The highest BCUT2D eigenvalue weighted by Crippen LogP contribution is 2.27. The third kappa shape index (κ3) is 4.94. The molecule has 0 radical (unpaired) electrons. The van der Waals surface area contributed by atoms with Gasteiger partial charge in [-0.25, -0.2) is 0 Å². The lowest BCUT2D eigenvalue weighted by Crippen LogP contribution is -2.33. The van der Waals surface area contributed by atoms with Crippen LogP contribution in [0.25, 0.3) is 0 Å². The summed E-state index contributed by atoms with van der Waals surface area (Å²) in [7, 11) is 0. The molecule has 1 aromatic carbocycles. The van der Waals surface area contributed by atoms with E-state index in [1.165, 1.54) is 62.5 Å². The molecule has 1 aliphatic carbocycles. The highest BCUT2D eigenvalue weighted by molar-refractivity contribution is 5.26. The van der Waals surface area contributed by atoms with Crippen molar-refractivity contribution >= 4 is 0 Å². The van der Waals surface area contributed by atoms with E-state index in [2.05, 4.69) is 43.4 Å². The lowest BCUT2D eigenvalue weighted by Gasteiger charge is -2.24. The highest BCUT2D eigenvalue weighted by Gasteiger charge is 2.18. The van der Waals surface area contributed by atoms with E-state index in [0.717, 1.165) is 12.5 Å². The van der Waals surface area contributed by atoms with Crippen LogP contribution in [0.5, 0.6) is 0 Å². The van der Waals surface area contributed by atoms with E-state index < -0.39 is 0 Å². The topological polar surface area (TPSA) is 12.0 Å². The SMILES string of the molecule is CCNC(Cc1ccccc1C)CC1CCCCCC1. The molecule has 1 atom stereocenters. The minimum atomic E-state index is 0.657. The third-order valence-electron chi connectivity index (χ3n) is 4.81. The van der Waals surface area contributed by atoms with E-state index in [1.54, 1.807) is 0 Å². The minimum absolute atomic E-state index is 0.657. The van der Waals surface area contributed by atoms with Gasteiger partial charge in [-0.3, -0.25) is 0 Å². The predicted molar refractivity (Wildman–Crippen MR) is 88.2 cm³/mol. The Bertz CT molecular complexity index is 377. The van der Waals surface area contributed by atoms with Crippen molar-refractivity contribution in [3.8, 4) is 0 Å². The van der Waals surface area contributed by atoms with Crippen molar-refractivity contribution in [1.82, 2.24) is 5.32 Å². The summed E-state index contributed by atoms with van der Waals surface area (Å²) in [5.74, 6) is 0.950. The van der Waals surface area contributed by atoms with E-state index in [9.17, 15) is 0 Å². The van der Waals surface area contributed by atoms with Crippen LogP contribution in [0.4, 0.5) is 0 Å². The molecule has 0 aromatic heterocycles. The van der Waals surface area contributed by atoms with Gasteiger partial charge in [0.25, 0.3) is 0 Å². The fourth-order valence-electron chi connectivity index (χ4n) is 3.63. The van der Waals surface area contributed by atoms with Crippen molar-refractivity contribution in [2.75, 3.05) is 6.54 Å². The van der Waals surface area contributed by atoms with Gasteiger partial charge < -0.3 is 5.32 Å². The summed E-state index contributed by atoms with van der Waals surface area (Å²) in [5.41, 5.74) is 2.96. The van der Waals surface area contributed by atoms with Crippen molar-refractivity contribution in [3.63, 3.8) is 0 Å². The van der Waals surface area contributed by atoms with Crippen LogP contribution in [0.3, 0.4) is 0 Å². The quantitative estimate of drug-likeness (QED) is 0.729. The number of aryl methyl sites for hydroxylation is 1. The standard InChI is InChI=1S/C19H31N/c1-3-20-19(14-17-11-6-4-5-7-12-17)15-18-13-9-8-10-16(18)2/h8-10,13,17,19-20H,3-7,11-12,14-15H2,1-2H3. The molecule has 0 amide bonds. The molecule has 1 unspecified atom stereocenters. The molecule has 1 saturated carbocycles. The van der Waals surface area contributed by atoms with E-state index >= 15 is 0 Å². The molecule has 0 heterocycles. The summed E-state index contributed by atoms with van der Waals surface area (Å²) >= 11 is 0. The van der Waals surface area contributed by atoms with Crippen molar-refractivity contribution in [2.24, 2.45) is 5.92 Å². The molecule has 0 bridgehead atoms. The van der Waals surface area contributed by atoms with Gasteiger partial charge in [0.2, 0.25) is 0 Å². The van der Waals surface area contributed by atoms with Crippen LogP contribution < -0.4 is 5.32 Å². The van der Waals surface area contributed by atoms with Gasteiger partial charge in [-0.05, 0) is 43.4 Å². The molecule has 0 saturated heterocycles. The molecule has 1 nitrogen and oxygen atoms in total. The second-order valence-electron chi connectivity index (χ2n) is 6.48. The van der Waals surface area contributed by atoms with Gasteiger partial charge >= 0.3 is 0 Å². The first-order valence-corrected chi connectivity index (χ1v) is 8.57. The fourth-order valence-corrected chi connectivity index (χ4v) is 3.63. The van der Waals surface area contributed by atoms with Gasteiger partial charge in [0, 0.05) is 6.04 Å². The zero-order valence-corrected chi connectivity index (χ0v) is 13.3. The number of likely N-dealkylation sites (N-methyl/N-ethyl adjacent to an activating group) is 1. The molecule has 20 heavy (non-hydrogen) atoms. The summed E-state index contributed by atoms with van der Waals surface area (Å²) in [5, 5.41) is 3.73. The number of nitrogens with one attached hydrogen (secondary N) is 1. The molecule has 2 rings (SSSR count). The van der Waals surface area contributed by atoms with Gasteiger partial charge in [0.15, 0.2) is 0 Å². The molecule has 0 aliphatic heterocycles. The zero-order valence-electron chi connectivity index (χ0n) is 13.3. The maximum absolute atomic E-state index is 3.73. The van der Waals surface area contributed by atoms with Crippen LogP contribution in [0, 0.1) is 12.8 Å². The Labute approximate surface area is 125 Å². The van der Waals surface area contributed by atoms with Crippen LogP contribution in [0.2, 0.25) is 0 Å². The Balaban J connectivity index is 1.94. The van der Waals surface area contributed by atoms with Crippen LogP contribution in [-0.2, 0) is 6.42 Å². The van der Waals surface area contributed by atoms with Gasteiger partial charge in [-0.2, -0.15) is 0 Å². The molecule has 1 heteroatoms. The molecule has 1 fully saturated rings.